The maximum Gasteiger partial charge on any atom is 0.279 e. The molecule has 3 aromatic heterocycles. The molecule has 29 heavy (non-hydrogen) atoms. The molecule has 0 spiro atoms. The summed E-state index contributed by atoms with van der Waals surface area (Å²) in [5, 5.41) is 8.96. The zero-order valence-corrected chi connectivity index (χ0v) is 17.5. The van der Waals surface area contributed by atoms with Crippen molar-refractivity contribution >= 4 is 0 Å². The van der Waals surface area contributed by atoms with Crippen LogP contribution >= 0.6 is 0 Å². The summed E-state index contributed by atoms with van der Waals surface area (Å²) in [6.45, 7) is 9.54. The van der Waals surface area contributed by atoms with Crippen LogP contribution in [0.4, 0.5) is 0 Å². The second kappa shape index (κ2) is 7.26. The van der Waals surface area contributed by atoms with E-state index in [1.165, 1.54) is 11.3 Å². The average molecular weight is 396 g/mol. The molecule has 4 rings (SSSR count). The summed E-state index contributed by atoms with van der Waals surface area (Å²) < 4.78 is 7.61. The number of pyridine rings is 1. The Morgan fingerprint density at radius 1 is 1.38 bits per heavy atom. The lowest BCUT2D eigenvalue weighted by Crippen LogP contribution is -2.25. The number of nitrogens with one attached hydrogen (secondary N) is 1. The highest BCUT2D eigenvalue weighted by Crippen LogP contribution is 2.39. The van der Waals surface area contributed by atoms with Gasteiger partial charge < -0.3 is 15.2 Å². The number of fused-ring (bicyclic) bond motifs is 1. The minimum Gasteiger partial charge on any atom is -0.332 e. The van der Waals surface area contributed by atoms with Crippen LogP contribution in [0.15, 0.2) is 15.4 Å². The summed E-state index contributed by atoms with van der Waals surface area (Å²) in [6.07, 6.45) is 3.61. The number of aromatic nitrogens is 5. The Bertz CT molecular complexity index is 1110. The first-order valence-corrected chi connectivity index (χ1v) is 10.2. The number of nitrogens with two attached hydrogens (primary N) is 1. The molecule has 3 N–H and O–H groups in total. The van der Waals surface area contributed by atoms with Crippen molar-refractivity contribution < 1.29 is 4.52 Å². The number of hydrogen-bond donors (Lipinski definition) is 2. The molecule has 0 aliphatic heterocycles. The second-order valence-electron chi connectivity index (χ2n) is 8.57. The molecule has 3 heterocycles. The SMILES string of the molecule is CCc1cc(-c2noc(-c3nn(CCN)c4c3CCC(C)(C)C4)n2)c(C)[nH]c1=O. The molecule has 0 saturated carbocycles. The zero-order chi connectivity index (χ0) is 20.8. The van der Waals surface area contributed by atoms with Crippen LogP contribution in [0.1, 0.15) is 49.7 Å². The second-order valence-corrected chi connectivity index (χ2v) is 8.57. The van der Waals surface area contributed by atoms with Crippen molar-refractivity contribution in [2.75, 3.05) is 6.54 Å². The molecule has 154 valence electrons. The number of hydrogen-bond acceptors (Lipinski definition) is 6. The van der Waals surface area contributed by atoms with Crippen molar-refractivity contribution in [3.63, 3.8) is 0 Å². The summed E-state index contributed by atoms with van der Waals surface area (Å²) >= 11 is 0. The van der Waals surface area contributed by atoms with E-state index < -0.39 is 0 Å². The number of nitrogens with zero attached hydrogens (tertiary/aromatic N) is 4. The van der Waals surface area contributed by atoms with E-state index in [1.54, 1.807) is 0 Å². The van der Waals surface area contributed by atoms with Crippen molar-refractivity contribution in [2.45, 2.75) is 59.9 Å². The van der Waals surface area contributed by atoms with E-state index in [-0.39, 0.29) is 11.0 Å². The van der Waals surface area contributed by atoms with E-state index in [2.05, 4.69) is 29.0 Å². The standard InChI is InChI=1S/C21H28N6O2/c1-5-13-10-15(12(2)23-19(13)28)18-24-20(29-26-18)17-14-6-7-21(3,4)11-16(14)27(25-17)9-8-22/h10H,5-9,11,22H2,1-4H3,(H,23,28). The Morgan fingerprint density at radius 3 is 2.90 bits per heavy atom. The lowest BCUT2D eigenvalue weighted by molar-refractivity contribution is 0.304. The van der Waals surface area contributed by atoms with Gasteiger partial charge in [-0.05, 0) is 44.1 Å². The van der Waals surface area contributed by atoms with Gasteiger partial charge in [0, 0.05) is 34.6 Å². The van der Waals surface area contributed by atoms with E-state index in [1.807, 2.05) is 24.6 Å². The third kappa shape index (κ3) is 3.53. The Morgan fingerprint density at radius 2 is 2.17 bits per heavy atom. The Hall–Kier alpha value is -2.74. The minimum atomic E-state index is -0.0744. The smallest absolute Gasteiger partial charge is 0.279 e. The highest BCUT2D eigenvalue weighted by Gasteiger charge is 2.32. The molecule has 8 nitrogen and oxygen atoms in total. The van der Waals surface area contributed by atoms with E-state index in [0.29, 0.717) is 36.8 Å². The van der Waals surface area contributed by atoms with Crippen LogP contribution in [0.25, 0.3) is 23.0 Å². The highest BCUT2D eigenvalue weighted by molar-refractivity contribution is 5.62. The van der Waals surface area contributed by atoms with Gasteiger partial charge in [0.1, 0.15) is 0 Å². The third-order valence-electron chi connectivity index (χ3n) is 5.77. The summed E-state index contributed by atoms with van der Waals surface area (Å²) in [4.78, 5) is 19.5. The van der Waals surface area contributed by atoms with Crippen LogP contribution in [0.3, 0.4) is 0 Å². The monoisotopic (exact) mass is 396 g/mol. The molecule has 0 atom stereocenters. The van der Waals surface area contributed by atoms with Gasteiger partial charge in [0.05, 0.1) is 6.54 Å². The van der Waals surface area contributed by atoms with Crippen molar-refractivity contribution in [3.8, 4) is 23.0 Å². The van der Waals surface area contributed by atoms with Crippen LogP contribution in [0.5, 0.6) is 0 Å². The fraction of sp³-hybridized carbons (Fsp3) is 0.524. The van der Waals surface area contributed by atoms with Gasteiger partial charge >= 0.3 is 0 Å². The van der Waals surface area contributed by atoms with Gasteiger partial charge in [0.2, 0.25) is 5.82 Å². The van der Waals surface area contributed by atoms with Crippen LogP contribution < -0.4 is 11.3 Å². The first kappa shape index (κ1) is 19.6. The molecular weight excluding hydrogens is 368 g/mol. The van der Waals surface area contributed by atoms with Crippen molar-refractivity contribution in [1.29, 1.82) is 0 Å². The number of rotatable bonds is 5. The van der Waals surface area contributed by atoms with Gasteiger partial charge in [-0.15, -0.1) is 0 Å². The maximum absolute atomic E-state index is 12.0. The number of aromatic amines is 1. The Labute approximate surface area is 169 Å². The van der Waals surface area contributed by atoms with Crippen molar-refractivity contribution in [3.05, 3.63) is 38.9 Å². The van der Waals surface area contributed by atoms with Crippen LogP contribution in [-0.2, 0) is 25.8 Å². The molecule has 0 amide bonds. The first-order valence-electron chi connectivity index (χ1n) is 10.2. The summed E-state index contributed by atoms with van der Waals surface area (Å²) in [7, 11) is 0. The van der Waals surface area contributed by atoms with Gasteiger partial charge in [-0.2, -0.15) is 10.1 Å². The lowest BCUT2D eigenvalue weighted by Gasteiger charge is -2.30. The Kier molecular flexibility index (Phi) is 4.90. The molecular formula is C21H28N6O2. The Balaban J connectivity index is 1.77. The normalized spacial score (nSPS) is 15.5. The fourth-order valence-corrected chi connectivity index (χ4v) is 4.07. The average Bonchev–Trinajstić information content (AvgIpc) is 3.27. The fourth-order valence-electron chi connectivity index (χ4n) is 4.07. The minimum absolute atomic E-state index is 0.0744. The topological polar surface area (TPSA) is 116 Å². The number of H-pyrrole nitrogens is 1. The van der Waals surface area contributed by atoms with Gasteiger partial charge in [-0.3, -0.25) is 9.48 Å². The van der Waals surface area contributed by atoms with Crippen LogP contribution in [0, 0.1) is 12.3 Å². The molecule has 1 aliphatic rings. The summed E-state index contributed by atoms with van der Waals surface area (Å²) in [5.74, 6) is 0.872. The molecule has 0 aromatic carbocycles. The molecule has 8 heteroatoms. The van der Waals surface area contributed by atoms with E-state index in [9.17, 15) is 4.79 Å². The van der Waals surface area contributed by atoms with Crippen molar-refractivity contribution in [1.82, 2.24) is 24.9 Å². The summed E-state index contributed by atoms with van der Waals surface area (Å²) in [5.41, 5.74) is 11.3. The van der Waals surface area contributed by atoms with Gasteiger partial charge in [0.15, 0.2) is 5.69 Å². The first-order chi connectivity index (χ1) is 13.8. The van der Waals surface area contributed by atoms with Crippen LogP contribution in [-0.4, -0.2) is 31.4 Å². The largest absolute Gasteiger partial charge is 0.332 e. The predicted octanol–water partition coefficient (Wildman–Crippen LogP) is 2.63. The molecule has 3 aromatic rings. The van der Waals surface area contributed by atoms with Gasteiger partial charge in [0.25, 0.3) is 11.4 Å². The molecule has 1 aliphatic carbocycles. The molecule has 0 bridgehead atoms. The molecule has 0 fully saturated rings. The molecule has 0 radical (unpaired) electrons. The van der Waals surface area contributed by atoms with E-state index >= 15 is 0 Å². The van der Waals surface area contributed by atoms with Crippen LogP contribution in [0.2, 0.25) is 0 Å². The van der Waals surface area contributed by atoms with E-state index in [0.717, 1.165) is 36.2 Å². The predicted molar refractivity (Wildman–Crippen MR) is 111 cm³/mol. The highest BCUT2D eigenvalue weighted by atomic mass is 16.5. The van der Waals surface area contributed by atoms with Gasteiger partial charge in [-0.1, -0.05) is 25.9 Å². The number of aryl methyl sites for hydroxylation is 2. The quantitative estimate of drug-likeness (QED) is 0.685. The van der Waals surface area contributed by atoms with Gasteiger partial charge in [-0.25, -0.2) is 0 Å². The third-order valence-corrected chi connectivity index (χ3v) is 5.77. The molecule has 0 unspecified atom stereocenters. The van der Waals surface area contributed by atoms with E-state index in [4.69, 9.17) is 15.4 Å². The summed E-state index contributed by atoms with van der Waals surface area (Å²) in [6, 6.07) is 1.84. The molecule has 0 saturated heterocycles. The van der Waals surface area contributed by atoms with Crippen molar-refractivity contribution in [2.24, 2.45) is 11.1 Å². The zero-order valence-electron chi connectivity index (χ0n) is 17.5. The lowest BCUT2D eigenvalue weighted by atomic mass is 9.76. The maximum atomic E-state index is 12.0.